The minimum atomic E-state index is -0.431. The third-order valence-electron chi connectivity index (χ3n) is 7.17. The third-order valence-corrected chi connectivity index (χ3v) is 7.17. The molecule has 1 aromatic heterocycles. The van der Waals surface area contributed by atoms with E-state index in [1.807, 2.05) is 18.5 Å². The summed E-state index contributed by atoms with van der Waals surface area (Å²) in [4.78, 5) is 39.1. The van der Waals surface area contributed by atoms with E-state index < -0.39 is 5.97 Å². The normalized spacial score (nSPS) is 17.6. The van der Waals surface area contributed by atoms with E-state index in [0.717, 1.165) is 30.7 Å². The molecule has 0 saturated carbocycles. The second-order valence-corrected chi connectivity index (χ2v) is 10.3. The number of carbonyl (C=O) groups is 3. The smallest absolute Gasteiger partial charge is 0.338 e. The van der Waals surface area contributed by atoms with Gasteiger partial charge in [0.25, 0.3) is 11.8 Å². The van der Waals surface area contributed by atoms with E-state index in [4.69, 9.17) is 14.6 Å². The minimum Gasteiger partial charge on any atom is -0.462 e. The lowest BCUT2D eigenvalue weighted by Gasteiger charge is -2.36. The maximum absolute atomic E-state index is 13.0. The molecule has 9 heteroatoms. The molecule has 1 spiro atoms. The first-order chi connectivity index (χ1) is 17.2. The number of hydrogen-bond donors (Lipinski definition) is 1. The van der Waals surface area contributed by atoms with Crippen LogP contribution in [0.2, 0.25) is 0 Å². The number of benzene rings is 1. The Morgan fingerprint density at radius 1 is 1.19 bits per heavy atom. The average molecular weight is 497 g/mol. The van der Waals surface area contributed by atoms with Gasteiger partial charge in [-0.2, -0.15) is 5.10 Å². The Balaban J connectivity index is 1.44. The highest BCUT2D eigenvalue weighted by Crippen LogP contribution is 2.37. The van der Waals surface area contributed by atoms with Crippen LogP contribution in [0.25, 0.3) is 0 Å². The van der Waals surface area contributed by atoms with Gasteiger partial charge in [0.2, 0.25) is 0 Å². The van der Waals surface area contributed by atoms with Crippen LogP contribution in [0.3, 0.4) is 0 Å². The molecule has 194 valence electrons. The largest absolute Gasteiger partial charge is 0.462 e. The van der Waals surface area contributed by atoms with Gasteiger partial charge in [0, 0.05) is 51.9 Å². The van der Waals surface area contributed by atoms with Crippen LogP contribution in [0.4, 0.5) is 0 Å². The van der Waals surface area contributed by atoms with Gasteiger partial charge in [0.15, 0.2) is 0 Å². The van der Waals surface area contributed by atoms with Crippen molar-refractivity contribution in [2.45, 2.75) is 46.1 Å². The highest BCUT2D eigenvalue weighted by atomic mass is 16.5. The van der Waals surface area contributed by atoms with Gasteiger partial charge in [-0.05, 0) is 55.4 Å². The molecular weight excluding hydrogens is 460 g/mol. The van der Waals surface area contributed by atoms with Crippen LogP contribution < -0.4 is 5.32 Å². The Labute approximate surface area is 212 Å². The SMILES string of the molecule is CCc1nn(C[C@@H](C)COC(=O)c2ccc(C(=O)N(C)C)cc2)c2c1C(=O)NCC1(CCOCC1)C2. The van der Waals surface area contributed by atoms with E-state index in [9.17, 15) is 14.4 Å². The minimum absolute atomic E-state index is 0.00537. The van der Waals surface area contributed by atoms with E-state index in [-0.39, 0.29) is 29.8 Å². The summed E-state index contributed by atoms with van der Waals surface area (Å²) in [7, 11) is 3.37. The number of nitrogens with one attached hydrogen (secondary N) is 1. The van der Waals surface area contributed by atoms with Crippen molar-refractivity contribution in [2.24, 2.45) is 11.3 Å². The fraction of sp³-hybridized carbons (Fsp3) is 0.556. The monoisotopic (exact) mass is 496 g/mol. The molecule has 2 aliphatic heterocycles. The number of esters is 1. The van der Waals surface area contributed by atoms with E-state index in [1.165, 1.54) is 4.90 Å². The van der Waals surface area contributed by atoms with Crippen LogP contribution in [-0.2, 0) is 28.9 Å². The fourth-order valence-electron chi connectivity index (χ4n) is 4.98. The van der Waals surface area contributed by atoms with Crippen LogP contribution in [0.5, 0.6) is 0 Å². The van der Waals surface area contributed by atoms with Gasteiger partial charge in [-0.1, -0.05) is 13.8 Å². The van der Waals surface area contributed by atoms with Crippen molar-refractivity contribution in [3.8, 4) is 0 Å². The molecule has 1 saturated heterocycles. The maximum Gasteiger partial charge on any atom is 0.338 e. The Hall–Kier alpha value is -3.20. The molecule has 1 aromatic carbocycles. The van der Waals surface area contributed by atoms with Crippen molar-refractivity contribution >= 4 is 17.8 Å². The molecule has 0 unspecified atom stereocenters. The summed E-state index contributed by atoms with van der Waals surface area (Å²) in [6.45, 7) is 6.85. The standard InChI is InChI=1S/C27H36N4O5/c1-5-21-23-22(14-27(17-28-24(23)32)10-12-35-13-11-27)31(29-21)15-18(2)16-36-26(34)20-8-6-19(7-9-20)25(33)30(3)4/h6-9,18H,5,10-17H2,1-4H3,(H,28,32)/t18-/m1/s1. The molecule has 9 nitrogen and oxygen atoms in total. The van der Waals surface area contributed by atoms with Gasteiger partial charge in [0.1, 0.15) is 0 Å². The summed E-state index contributed by atoms with van der Waals surface area (Å²) < 4.78 is 13.1. The molecule has 0 radical (unpaired) electrons. The molecule has 1 N–H and O–H groups in total. The number of fused-ring (bicyclic) bond motifs is 1. The third kappa shape index (κ3) is 5.46. The number of hydrogen-bond acceptors (Lipinski definition) is 6. The van der Waals surface area contributed by atoms with Crippen molar-refractivity contribution in [1.29, 1.82) is 0 Å². The van der Waals surface area contributed by atoms with Gasteiger partial charge in [-0.15, -0.1) is 0 Å². The zero-order chi connectivity index (χ0) is 25.9. The second-order valence-electron chi connectivity index (χ2n) is 10.3. The number of carbonyl (C=O) groups excluding carboxylic acids is 3. The molecule has 0 bridgehead atoms. The van der Waals surface area contributed by atoms with Crippen LogP contribution in [0, 0.1) is 11.3 Å². The van der Waals surface area contributed by atoms with E-state index in [2.05, 4.69) is 5.32 Å². The number of amides is 2. The quantitative estimate of drug-likeness (QED) is 0.592. The molecule has 1 atom stereocenters. The Morgan fingerprint density at radius 2 is 1.86 bits per heavy atom. The second kappa shape index (κ2) is 10.8. The number of ether oxygens (including phenoxy) is 2. The van der Waals surface area contributed by atoms with Gasteiger partial charge in [-0.3, -0.25) is 14.3 Å². The molecule has 36 heavy (non-hydrogen) atoms. The van der Waals surface area contributed by atoms with E-state index in [1.54, 1.807) is 38.4 Å². The summed E-state index contributed by atoms with van der Waals surface area (Å²) in [6, 6.07) is 6.48. The first kappa shape index (κ1) is 25.9. The highest BCUT2D eigenvalue weighted by Gasteiger charge is 2.39. The average Bonchev–Trinajstić information content (AvgIpc) is 3.15. The fourth-order valence-corrected chi connectivity index (χ4v) is 4.98. The Kier molecular flexibility index (Phi) is 7.78. The molecule has 2 amide bonds. The molecule has 4 rings (SSSR count). The highest BCUT2D eigenvalue weighted by molar-refractivity contribution is 5.97. The lowest BCUT2D eigenvalue weighted by molar-refractivity contribution is 0.0151. The van der Waals surface area contributed by atoms with Crippen LogP contribution in [0.15, 0.2) is 24.3 Å². The first-order valence-corrected chi connectivity index (χ1v) is 12.7. The molecule has 1 fully saturated rings. The van der Waals surface area contributed by atoms with E-state index >= 15 is 0 Å². The number of rotatable bonds is 7. The van der Waals surface area contributed by atoms with Crippen LogP contribution in [-0.4, -0.2) is 72.9 Å². The van der Waals surface area contributed by atoms with Crippen molar-refractivity contribution in [3.63, 3.8) is 0 Å². The zero-order valence-corrected chi connectivity index (χ0v) is 21.6. The van der Waals surface area contributed by atoms with Crippen molar-refractivity contribution in [2.75, 3.05) is 40.5 Å². The molecule has 3 heterocycles. The summed E-state index contributed by atoms with van der Waals surface area (Å²) in [5.41, 5.74) is 3.39. The molecular formula is C27H36N4O5. The van der Waals surface area contributed by atoms with Crippen LogP contribution >= 0.6 is 0 Å². The lowest BCUT2D eigenvalue weighted by atomic mass is 9.76. The van der Waals surface area contributed by atoms with Crippen molar-refractivity contribution < 1.29 is 23.9 Å². The topological polar surface area (TPSA) is 103 Å². The number of aryl methyl sites for hydroxylation is 1. The van der Waals surface area contributed by atoms with Gasteiger partial charge >= 0.3 is 5.97 Å². The van der Waals surface area contributed by atoms with Crippen LogP contribution in [0.1, 0.15) is 69.2 Å². The summed E-state index contributed by atoms with van der Waals surface area (Å²) >= 11 is 0. The molecule has 0 aliphatic carbocycles. The summed E-state index contributed by atoms with van der Waals surface area (Å²) in [5, 5.41) is 7.93. The van der Waals surface area contributed by atoms with E-state index in [0.29, 0.717) is 49.4 Å². The predicted molar refractivity (Wildman–Crippen MR) is 134 cm³/mol. The van der Waals surface area contributed by atoms with Gasteiger partial charge in [0.05, 0.1) is 29.1 Å². The summed E-state index contributed by atoms with van der Waals surface area (Å²) in [6.07, 6.45) is 3.27. The lowest BCUT2D eigenvalue weighted by Crippen LogP contribution is -2.41. The Bertz CT molecular complexity index is 1120. The predicted octanol–water partition coefficient (Wildman–Crippen LogP) is 2.72. The maximum atomic E-state index is 13.0. The first-order valence-electron chi connectivity index (χ1n) is 12.7. The van der Waals surface area contributed by atoms with Gasteiger partial charge < -0.3 is 19.7 Å². The van der Waals surface area contributed by atoms with Crippen molar-refractivity contribution in [3.05, 3.63) is 52.3 Å². The molecule has 2 aromatic rings. The van der Waals surface area contributed by atoms with Gasteiger partial charge in [-0.25, -0.2) is 4.79 Å². The summed E-state index contributed by atoms with van der Waals surface area (Å²) in [5.74, 6) is -0.606. The zero-order valence-electron chi connectivity index (χ0n) is 21.6. The Morgan fingerprint density at radius 3 is 2.50 bits per heavy atom. The molecule has 2 aliphatic rings. The number of aromatic nitrogens is 2. The number of nitrogens with zero attached hydrogens (tertiary/aromatic N) is 3. The van der Waals surface area contributed by atoms with Crippen molar-refractivity contribution in [1.82, 2.24) is 20.0 Å².